The van der Waals surface area contributed by atoms with E-state index in [9.17, 15) is 0 Å². The van der Waals surface area contributed by atoms with Crippen LogP contribution in [-0.2, 0) is 13.2 Å². The Labute approximate surface area is 183 Å². The predicted molar refractivity (Wildman–Crippen MR) is 120 cm³/mol. The van der Waals surface area contributed by atoms with Gasteiger partial charge in [-0.2, -0.15) is 0 Å². The third-order valence-corrected chi connectivity index (χ3v) is 5.69. The quantitative estimate of drug-likeness (QED) is 0.385. The fourth-order valence-corrected chi connectivity index (χ4v) is 3.59. The van der Waals surface area contributed by atoms with Gasteiger partial charge < -0.3 is 14.8 Å². The van der Waals surface area contributed by atoms with Crippen molar-refractivity contribution < 1.29 is 9.47 Å². The average Bonchev–Trinajstić information content (AvgIpc) is 2.68. The standard InChI is InChI=1S/C22H20BrCl2NO2/c1-14-6-7-17(11-20(14)25)26-12-18-19(23)8-9-21(27-2)22(18)28-13-15-4-3-5-16(24)10-15/h3-11,26H,12-13H2,1-2H3. The average molecular weight is 481 g/mol. The summed E-state index contributed by atoms with van der Waals surface area (Å²) in [5.74, 6) is 1.35. The third-order valence-electron chi connectivity index (χ3n) is 4.30. The number of aryl methyl sites for hydroxylation is 1. The van der Waals surface area contributed by atoms with E-state index in [1.165, 1.54) is 0 Å². The first-order chi connectivity index (χ1) is 13.5. The van der Waals surface area contributed by atoms with Crippen LogP contribution in [0.4, 0.5) is 5.69 Å². The fraction of sp³-hybridized carbons (Fsp3) is 0.182. The third kappa shape index (κ3) is 5.13. The SMILES string of the molecule is COc1ccc(Br)c(CNc2ccc(C)c(Cl)c2)c1OCc1cccc(Cl)c1. The number of ether oxygens (including phenoxy) is 2. The van der Waals surface area contributed by atoms with Crippen LogP contribution in [0.3, 0.4) is 0 Å². The van der Waals surface area contributed by atoms with Gasteiger partial charge in [0.05, 0.1) is 7.11 Å². The molecule has 146 valence electrons. The van der Waals surface area contributed by atoms with Crippen LogP contribution in [-0.4, -0.2) is 7.11 Å². The molecule has 0 radical (unpaired) electrons. The van der Waals surface area contributed by atoms with Crippen LogP contribution in [0.5, 0.6) is 11.5 Å². The van der Waals surface area contributed by atoms with Crippen molar-refractivity contribution in [2.24, 2.45) is 0 Å². The fourth-order valence-electron chi connectivity index (χ4n) is 2.74. The summed E-state index contributed by atoms with van der Waals surface area (Å²) in [6, 6.07) is 17.3. The van der Waals surface area contributed by atoms with E-state index in [1.807, 2.05) is 61.5 Å². The number of halogens is 3. The van der Waals surface area contributed by atoms with Crippen LogP contribution < -0.4 is 14.8 Å². The van der Waals surface area contributed by atoms with Crippen LogP contribution in [0.25, 0.3) is 0 Å². The van der Waals surface area contributed by atoms with Crippen molar-refractivity contribution in [3.8, 4) is 11.5 Å². The van der Waals surface area contributed by atoms with Crippen LogP contribution in [0.2, 0.25) is 10.0 Å². The van der Waals surface area contributed by atoms with Gasteiger partial charge in [-0.05, 0) is 54.4 Å². The van der Waals surface area contributed by atoms with E-state index in [1.54, 1.807) is 7.11 Å². The van der Waals surface area contributed by atoms with Gasteiger partial charge in [0, 0.05) is 32.3 Å². The second kappa shape index (κ2) is 9.55. The van der Waals surface area contributed by atoms with Gasteiger partial charge in [-0.15, -0.1) is 0 Å². The van der Waals surface area contributed by atoms with Gasteiger partial charge in [0.1, 0.15) is 6.61 Å². The summed E-state index contributed by atoms with van der Waals surface area (Å²) in [7, 11) is 1.63. The highest BCUT2D eigenvalue weighted by Gasteiger charge is 2.15. The summed E-state index contributed by atoms with van der Waals surface area (Å²) in [6.07, 6.45) is 0. The molecule has 6 heteroatoms. The molecule has 3 nitrogen and oxygen atoms in total. The van der Waals surface area contributed by atoms with Crippen molar-refractivity contribution in [3.63, 3.8) is 0 Å². The summed E-state index contributed by atoms with van der Waals surface area (Å²) < 4.78 is 12.6. The second-order valence-electron chi connectivity index (χ2n) is 6.29. The van der Waals surface area contributed by atoms with Crippen molar-refractivity contribution in [2.75, 3.05) is 12.4 Å². The van der Waals surface area contributed by atoms with E-state index in [0.717, 1.165) is 31.9 Å². The molecule has 0 spiro atoms. The molecule has 3 aromatic rings. The highest BCUT2D eigenvalue weighted by Crippen LogP contribution is 2.37. The van der Waals surface area contributed by atoms with Crippen LogP contribution in [0, 0.1) is 6.92 Å². The monoisotopic (exact) mass is 479 g/mol. The molecule has 0 aliphatic rings. The van der Waals surface area contributed by atoms with Crippen LogP contribution >= 0.6 is 39.1 Å². The first kappa shape index (κ1) is 20.8. The summed E-state index contributed by atoms with van der Waals surface area (Å²) >= 11 is 15.9. The molecule has 1 N–H and O–H groups in total. The normalized spacial score (nSPS) is 10.6. The molecule has 0 heterocycles. The van der Waals surface area contributed by atoms with E-state index >= 15 is 0 Å². The molecule has 28 heavy (non-hydrogen) atoms. The molecule has 0 fully saturated rings. The van der Waals surface area contributed by atoms with E-state index in [2.05, 4.69) is 21.2 Å². The summed E-state index contributed by atoms with van der Waals surface area (Å²) in [6.45, 7) is 2.91. The van der Waals surface area contributed by atoms with E-state index in [-0.39, 0.29) is 0 Å². The molecule has 3 aromatic carbocycles. The number of hydrogen-bond acceptors (Lipinski definition) is 3. The largest absolute Gasteiger partial charge is 0.493 e. The zero-order valence-corrected chi connectivity index (χ0v) is 18.7. The van der Waals surface area contributed by atoms with Crippen LogP contribution in [0.15, 0.2) is 59.1 Å². The zero-order valence-electron chi connectivity index (χ0n) is 15.6. The number of anilines is 1. The zero-order chi connectivity index (χ0) is 20.1. The molecule has 0 aliphatic heterocycles. The number of benzene rings is 3. The Morgan fingerprint density at radius 1 is 1.04 bits per heavy atom. The molecule has 0 aromatic heterocycles. The lowest BCUT2D eigenvalue weighted by atomic mass is 10.1. The Morgan fingerprint density at radius 2 is 1.86 bits per heavy atom. The number of rotatable bonds is 7. The maximum absolute atomic E-state index is 6.23. The Bertz CT molecular complexity index is 979. The van der Waals surface area contributed by atoms with Crippen molar-refractivity contribution in [1.82, 2.24) is 0 Å². The van der Waals surface area contributed by atoms with Crippen molar-refractivity contribution >= 4 is 44.8 Å². The lowest BCUT2D eigenvalue weighted by Crippen LogP contribution is -2.06. The lowest BCUT2D eigenvalue weighted by Gasteiger charge is -2.18. The molecule has 0 unspecified atom stereocenters. The van der Waals surface area contributed by atoms with Gasteiger partial charge in [0.15, 0.2) is 11.5 Å². The van der Waals surface area contributed by atoms with E-state index < -0.39 is 0 Å². The smallest absolute Gasteiger partial charge is 0.167 e. The molecule has 0 aliphatic carbocycles. The maximum atomic E-state index is 6.23. The number of hydrogen-bond donors (Lipinski definition) is 1. The maximum Gasteiger partial charge on any atom is 0.167 e. The summed E-state index contributed by atoms with van der Waals surface area (Å²) in [4.78, 5) is 0. The van der Waals surface area contributed by atoms with Gasteiger partial charge in [0.2, 0.25) is 0 Å². The molecule has 0 saturated heterocycles. The van der Waals surface area contributed by atoms with E-state index in [4.69, 9.17) is 32.7 Å². The Balaban J connectivity index is 1.83. The molecular weight excluding hydrogens is 461 g/mol. The Kier molecular flexibility index (Phi) is 7.11. The molecule has 0 atom stereocenters. The van der Waals surface area contributed by atoms with Crippen molar-refractivity contribution in [2.45, 2.75) is 20.1 Å². The number of nitrogens with one attached hydrogen (secondary N) is 1. The molecule has 0 bridgehead atoms. The molecule has 0 saturated carbocycles. The highest BCUT2D eigenvalue weighted by atomic mass is 79.9. The predicted octanol–water partition coefficient (Wildman–Crippen LogP) is 7.26. The first-order valence-corrected chi connectivity index (χ1v) is 10.3. The minimum Gasteiger partial charge on any atom is -0.493 e. The second-order valence-corrected chi connectivity index (χ2v) is 7.99. The highest BCUT2D eigenvalue weighted by molar-refractivity contribution is 9.10. The molecular formula is C22H20BrCl2NO2. The Morgan fingerprint density at radius 3 is 2.57 bits per heavy atom. The first-order valence-electron chi connectivity index (χ1n) is 8.70. The molecule has 3 rings (SSSR count). The number of methoxy groups -OCH3 is 1. The van der Waals surface area contributed by atoms with Gasteiger partial charge in [-0.3, -0.25) is 0 Å². The van der Waals surface area contributed by atoms with Gasteiger partial charge in [0.25, 0.3) is 0 Å². The lowest BCUT2D eigenvalue weighted by molar-refractivity contribution is 0.281. The van der Waals surface area contributed by atoms with Gasteiger partial charge in [-0.25, -0.2) is 0 Å². The van der Waals surface area contributed by atoms with Crippen molar-refractivity contribution in [3.05, 3.63) is 85.8 Å². The topological polar surface area (TPSA) is 30.5 Å². The minimum atomic E-state index is 0.386. The van der Waals surface area contributed by atoms with Gasteiger partial charge >= 0.3 is 0 Å². The Hall–Kier alpha value is -1.88. The summed E-state index contributed by atoms with van der Waals surface area (Å²) in [5, 5.41) is 4.81. The minimum absolute atomic E-state index is 0.386. The summed E-state index contributed by atoms with van der Waals surface area (Å²) in [5.41, 5.74) is 3.92. The molecule has 0 amide bonds. The van der Waals surface area contributed by atoms with Gasteiger partial charge in [-0.1, -0.05) is 57.3 Å². The van der Waals surface area contributed by atoms with Crippen molar-refractivity contribution in [1.29, 1.82) is 0 Å². The van der Waals surface area contributed by atoms with E-state index in [0.29, 0.717) is 29.7 Å². The van der Waals surface area contributed by atoms with Crippen LogP contribution in [0.1, 0.15) is 16.7 Å².